The number of carbonyl (C=O) groups is 5. The van der Waals surface area contributed by atoms with Gasteiger partial charge in [0.05, 0.1) is 17.5 Å². The van der Waals surface area contributed by atoms with E-state index in [4.69, 9.17) is 5.73 Å². The van der Waals surface area contributed by atoms with E-state index < -0.39 is 50.2 Å². The zero-order valence-electron chi connectivity index (χ0n) is 29.9. The fourth-order valence-corrected chi connectivity index (χ4v) is 11.1. The first-order valence-electron chi connectivity index (χ1n) is 18.1. The van der Waals surface area contributed by atoms with Crippen LogP contribution in [-0.2, 0) is 33.8 Å². The lowest BCUT2D eigenvalue weighted by molar-refractivity contribution is -0.148. The van der Waals surface area contributed by atoms with E-state index in [2.05, 4.69) is 13.8 Å². The summed E-state index contributed by atoms with van der Waals surface area (Å²) in [4.78, 5) is 68.6. The minimum atomic E-state index is -3.34. The van der Waals surface area contributed by atoms with Gasteiger partial charge < -0.3 is 10.6 Å². The van der Waals surface area contributed by atoms with Gasteiger partial charge in [-0.05, 0) is 65.6 Å². The van der Waals surface area contributed by atoms with Crippen molar-refractivity contribution in [3.05, 3.63) is 0 Å². The van der Waals surface area contributed by atoms with Crippen molar-refractivity contribution in [2.45, 2.75) is 132 Å². The Balaban J connectivity index is 1.52. The minimum absolute atomic E-state index is 0.00325. The molecule has 266 valence electrons. The molecule has 1 aliphatic heterocycles. The fourth-order valence-electron chi connectivity index (χ4n) is 8.80. The van der Waals surface area contributed by atoms with Gasteiger partial charge in [0, 0.05) is 37.6 Å². The number of amides is 2. The summed E-state index contributed by atoms with van der Waals surface area (Å²) in [6.07, 6.45) is 7.23. The first-order valence-corrected chi connectivity index (χ1v) is 19.9. The van der Waals surface area contributed by atoms with Gasteiger partial charge in [-0.15, -0.1) is 0 Å². The lowest BCUT2D eigenvalue weighted by Crippen LogP contribution is -2.51. The van der Waals surface area contributed by atoms with Crippen LogP contribution in [0.1, 0.15) is 126 Å². The smallest absolute Gasteiger partial charge is 0.285 e. The Labute approximate surface area is 282 Å². The number of sulfone groups is 1. The molecule has 2 N–H and O–H groups in total. The number of hydrogen-bond acceptors (Lipinski definition) is 7. The van der Waals surface area contributed by atoms with E-state index in [-0.39, 0.29) is 71.4 Å². The van der Waals surface area contributed by atoms with Gasteiger partial charge in [-0.2, -0.15) is 0 Å². The third-order valence-electron chi connectivity index (χ3n) is 12.0. The predicted molar refractivity (Wildman–Crippen MR) is 182 cm³/mol. The van der Waals surface area contributed by atoms with Crippen LogP contribution in [0.3, 0.4) is 0 Å². The number of piperidine rings is 1. The largest absolute Gasteiger partial charge is 0.363 e. The van der Waals surface area contributed by atoms with Crippen LogP contribution < -0.4 is 5.73 Å². The van der Waals surface area contributed by atoms with E-state index in [0.29, 0.717) is 38.1 Å². The molecule has 0 radical (unpaired) electrons. The number of ketones is 3. The third kappa shape index (κ3) is 9.13. The maximum atomic E-state index is 14.5. The molecule has 3 saturated carbocycles. The monoisotopic (exact) mass is 676 g/mol. The Bertz CT molecular complexity index is 1330. The third-order valence-corrected chi connectivity index (χ3v) is 13.9. The molecule has 3 aliphatic carbocycles. The normalized spacial score (nSPS) is 26.4. The highest BCUT2D eigenvalue weighted by molar-refractivity contribution is 7.91. The molecule has 0 bridgehead atoms. The van der Waals surface area contributed by atoms with Gasteiger partial charge in [0.2, 0.25) is 11.7 Å². The van der Waals surface area contributed by atoms with Crippen LogP contribution in [0.25, 0.3) is 0 Å². The van der Waals surface area contributed by atoms with Crippen molar-refractivity contribution in [2.75, 3.05) is 18.1 Å². The number of likely N-dealkylation sites (tertiary alicyclic amines) is 1. The Morgan fingerprint density at radius 1 is 0.957 bits per heavy atom. The molecule has 4 rings (SSSR count). The number of primary amides is 1. The maximum absolute atomic E-state index is 14.5. The molecule has 1 saturated heterocycles. The first kappa shape index (κ1) is 37.7. The molecule has 1 heterocycles. The van der Waals surface area contributed by atoms with Gasteiger partial charge in [-0.25, -0.2) is 8.42 Å². The highest BCUT2D eigenvalue weighted by Gasteiger charge is 2.69. The summed E-state index contributed by atoms with van der Waals surface area (Å²) in [6, 6.07) is -0.708. The van der Waals surface area contributed by atoms with Gasteiger partial charge in [0.1, 0.15) is 5.78 Å². The van der Waals surface area contributed by atoms with Crippen LogP contribution in [0.15, 0.2) is 0 Å². The predicted octanol–water partition coefficient (Wildman–Crippen LogP) is 5.32. The average Bonchev–Trinajstić information content (AvgIpc) is 3.80. The van der Waals surface area contributed by atoms with Crippen LogP contribution in [0.4, 0.5) is 0 Å². The Hall–Kier alpha value is -2.10. The summed E-state index contributed by atoms with van der Waals surface area (Å²) < 4.78 is 26.4. The Morgan fingerprint density at radius 2 is 1.57 bits per heavy atom. The molecule has 0 spiro atoms. The number of hydrogen-bond donors (Lipinski definition) is 1. The van der Waals surface area contributed by atoms with E-state index in [1.165, 1.54) is 0 Å². The van der Waals surface area contributed by atoms with Crippen LogP contribution >= 0.6 is 0 Å². The molecule has 2 unspecified atom stereocenters. The summed E-state index contributed by atoms with van der Waals surface area (Å²) in [5, 5.41) is 0. The summed E-state index contributed by atoms with van der Waals surface area (Å²) in [5.74, 6) is -2.88. The molecule has 47 heavy (non-hydrogen) atoms. The number of fused-ring (bicyclic) bond motifs is 1. The molecule has 0 aromatic carbocycles. The molecule has 0 aromatic heterocycles. The molecule has 4 fully saturated rings. The number of carbonyl (C=O) groups excluding carboxylic acids is 5. The number of nitrogens with zero attached hydrogens (tertiary/aromatic N) is 1. The van der Waals surface area contributed by atoms with Crippen LogP contribution in [0.5, 0.6) is 0 Å². The maximum Gasteiger partial charge on any atom is 0.285 e. The quantitative estimate of drug-likeness (QED) is 0.205. The highest BCUT2D eigenvalue weighted by atomic mass is 32.2. The van der Waals surface area contributed by atoms with Crippen LogP contribution in [-0.4, -0.2) is 66.6 Å². The van der Waals surface area contributed by atoms with Crippen LogP contribution in [0, 0.1) is 51.8 Å². The molecular weight excluding hydrogens is 616 g/mol. The van der Waals surface area contributed by atoms with E-state index in [1.807, 2.05) is 34.6 Å². The summed E-state index contributed by atoms with van der Waals surface area (Å²) in [5.41, 5.74) is 4.05. The topological polar surface area (TPSA) is 149 Å². The summed E-state index contributed by atoms with van der Waals surface area (Å²) in [6.45, 7) is 14.4. The van der Waals surface area contributed by atoms with Crippen molar-refractivity contribution in [1.82, 2.24) is 4.90 Å². The lowest BCUT2D eigenvalue weighted by atomic mass is 9.70. The van der Waals surface area contributed by atoms with Gasteiger partial charge in [-0.3, -0.25) is 24.0 Å². The zero-order valence-corrected chi connectivity index (χ0v) is 30.8. The van der Waals surface area contributed by atoms with Crippen molar-refractivity contribution in [2.24, 2.45) is 57.5 Å². The van der Waals surface area contributed by atoms with Gasteiger partial charge in [0.25, 0.3) is 5.91 Å². The highest BCUT2D eigenvalue weighted by Crippen LogP contribution is 2.65. The van der Waals surface area contributed by atoms with Crippen molar-refractivity contribution < 1.29 is 32.4 Å². The molecule has 5 atom stereocenters. The Kier molecular flexibility index (Phi) is 11.3. The van der Waals surface area contributed by atoms with Crippen molar-refractivity contribution in [3.63, 3.8) is 0 Å². The van der Waals surface area contributed by atoms with Gasteiger partial charge in [-0.1, -0.05) is 80.6 Å². The molecule has 2 amide bonds. The number of rotatable bonds is 17. The van der Waals surface area contributed by atoms with Gasteiger partial charge in [0.15, 0.2) is 15.6 Å². The number of nitrogens with two attached hydrogens (primary N) is 1. The van der Waals surface area contributed by atoms with Crippen molar-refractivity contribution in [3.8, 4) is 0 Å². The lowest BCUT2D eigenvalue weighted by Gasteiger charge is -2.39. The molecule has 4 aliphatic rings. The number of Topliss-reactive ketones (excluding diaryl/α,β-unsaturated/α-hetero) is 3. The summed E-state index contributed by atoms with van der Waals surface area (Å²) in [7, 11) is -3.34. The van der Waals surface area contributed by atoms with Crippen molar-refractivity contribution >= 4 is 39.0 Å². The molecule has 10 heteroatoms. The second kappa shape index (κ2) is 14.0. The fraction of sp³-hybridized carbons (Fsp3) is 0.865. The average molecular weight is 677 g/mol. The second-order valence-corrected chi connectivity index (χ2v) is 20.0. The molecular formula is C37H60N2O7S. The second-order valence-electron chi connectivity index (χ2n) is 17.8. The molecule has 9 nitrogen and oxygen atoms in total. The zero-order chi connectivity index (χ0) is 35.1. The van der Waals surface area contributed by atoms with Crippen LogP contribution in [0.2, 0.25) is 0 Å². The summed E-state index contributed by atoms with van der Waals surface area (Å²) >= 11 is 0. The van der Waals surface area contributed by atoms with E-state index in [9.17, 15) is 32.4 Å². The minimum Gasteiger partial charge on any atom is -0.363 e. The van der Waals surface area contributed by atoms with Crippen molar-refractivity contribution in [1.29, 1.82) is 0 Å². The van der Waals surface area contributed by atoms with Gasteiger partial charge >= 0.3 is 0 Å². The first-order chi connectivity index (χ1) is 21.7. The van der Waals surface area contributed by atoms with E-state index >= 15 is 0 Å². The Morgan fingerprint density at radius 3 is 2.11 bits per heavy atom. The van der Waals surface area contributed by atoms with E-state index in [0.717, 1.165) is 32.1 Å². The molecule has 0 aromatic rings. The van der Waals surface area contributed by atoms with E-state index in [1.54, 1.807) is 4.90 Å². The standard InChI is InChI=1S/C37H60N2O7S/c1-23(2)13-16-47(45,46)22-37(14-9-8-10-15-37)20-26(40)19-27(35(3,4)5)34(44)39-21-28-30(36(28,6)7)31(39)29(41)18-25(17-24-11-12-24)32(42)33(38)43/h23-25,27-28,30-31H,8-22H2,1-7H3,(H2,38,43)/t25?,27-,28?,30+,31-/m1/s1. The SMILES string of the molecule is CC(C)CCS(=O)(=O)CC1(CC(=O)C[C@H](C(=O)N2CC3[C@@H]([C@H]2C(=O)CC(CC2CC2)C(=O)C(N)=O)C3(C)C)C(C)(C)C)CCCCC1.